The zero-order valence-corrected chi connectivity index (χ0v) is 9.75. The minimum Gasteiger partial charge on any atom is -0.394 e. The van der Waals surface area contributed by atoms with Crippen molar-refractivity contribution in [2.24, 2.45) is 5.73 Å². The fourth-order valence-corrected chi connectivity index (χ4v) is 1.30. The zero-order valence-electron chi connectivity index (χ0n) is 9.75. The van der Waals surface area contributed by atoms with Crippen molar-refractivity contribution in [3.63, 3.8) is 0 Å². The molecule has 5 nitrogen and oxygen atoms in total. The van der Waals surface area contributed by atoms with E-state index < -0.39 is 11.6 Å². The van der Waals surface area contributed by atoms with Crippen LogP contribution in [0.2, 0.25) is 0 Å². The maximum atomic E-state index is 11.6. The van der Waals surface area contributed by atoms with E-state index in [0.29, 0.717) is 12.8 Å². The maximum Gasteiger partial charge on any atom is 0.239 e. The van der Waals surface area contributed by atoms with E-state index in [0.717, 1.165) is 0 Å². The lowest BCUT2D eigenvalue weighted by molar-refractivity contribution is -0.126. The molecule has 1 atom stereocenters. The van der Waals surface area contributed by atoms with E-state index in [1.165, 1.54) is 7.11 Å². The number of hydrogen-bond donors (Lipinski definition) is 3. The third kappa shape index (κ3) is 4.15. The summed E-state index contributed by atoms with van der Waals surface area (Å²) in [6, 6.07) is -0.681. The number of hydrogen-bond acceptors (Lipinski definition) is 4. The van der Waals surface area contributed by atoms with Gasteiger partial charge in [0.15, 0.2) is 0 Å². The predicted molar refractivity (Wildman–Crippen MR) is 58.4 cm³/mol. The van der Waals surface area contributed by atoms with Crippen molar-refractivity contribution < 1.29 is 14.6 Å². The van der Waals surface area contributed by atoms with Gasteiger partial charge in [-0.25, -0.2) is 0 Å². The SMILES string of the molecule is CCC(CC)(CO)NC(=O)C(N)COC. The lowest BCUT2D eigenvalue weighted by atomic mass is 9.93. The molecular weight excluding hydrogens is 196 g/mol. The fourth-order valence-electron chi connectivity index (χ4n) is 1.30. The van der Waals surface area contributed by atoms with Crippen molar-refractivity contribution in [2.45, 2.75) is 38.3 Å². The summed E-state index contributed by atoms with van der Waals surface area (Å²) < 4.78 is 4.79. The Morgan fingerprint density at radius 3 is 2.40 bits per heavy atom. The third-order valence-electron chi connectivity index (χ3n) is 2.73. The molecule has 0 aliphatic rings. The number of nitrogens with two attached hydrogens (primary N) is 1. The van der Waals surface area contributed by atoms with Gasteiger partial charge in [0.05, 0.1) is 18.8 Å². The number of carbonyl (C=O) groups is 1. The van der Waals surface area contributed by atoms with Gasteiger partial charge in [0.2, 0.25) is 5.91 Å². The number of aliphatic hydroxyl groups excluding tert-OH is 1. The molecule has 0 aliphatic carbocycles. The maximum absolute atomic E-state index is 11.6. The molecule has 0 heterocycles. The van der Waals surface area contributed by atoms with Gasteiger partial charge in [-0.1, -0.05) is 13.8 Å². The van der Waals surface area contributed by atoms with E-state index in [1.807, 2.05) is 13.8 Å². The van der Waals surface area contributed by atoms with Crippen molar-refractivity contribution in [1.29, 1.82) is 0 Å². The lowest BCUT2D eigenvalue weighted by Gasteiger charge is -2.31. The monoisotopic (exact) mass is 218 g/mol. The van der Waals surface area contributed by atoms with E-state index in [1.54, 1.807) is 0 Å². The minimum atomic E-state index is -0.681. The number of rotatable bonds is 7. The van der Waals surface area contributed by atoms with Crippen LogP contribution in [0.1, 0.15) is 26.7 Å². The summed E-state index contributed by atoms with van der Waals surface area (Å²) in [6.07, 6.45) is 1.34. The normalized spacial score (nSPS) is 13.7. The molecule has 1 unspecified atom stereocenters. The predicted octanol–water partition coefficient (Wildman–Crippen LogP) is -0.373. The van der Waals surface area contributed by atoms with Crippen molar-refractivity contribution in [3.8, 4) is 0 Å². The Hall–Kier alpha value is -0.650. The molecule has 1 amide bonds. The first-order chi connectivity index (χ1) is 7.05. The Morgan fingerprint density at radius 2 is 2.07 bits per heavy atom. The van der Waals surface area contributed by atoms with Gasteiger partial charge in [0.25, 0.3) is 0 Å². The molecule has 0 aliphatic heterocycles. The molecule has 0 saturated carbocycles. The molecule has 0 bridgehead atoms. The molecule has 0 rings (SSSR count). The van der Waals surface area contributed by atoms with E-state index >= 15 is 0 Å². The van der Waals surface area contributed by atoms with E-state index in [4.69, 9.17) is 10.5 Å². The van der Waals surface area contributed by atoms with Gasteiger partial charge in [-0.2, -0.15) is 0 Å². The van der Waals surface area contributed by atoms with Crippen molar-refractivity contribution in [1.82, 2.24) is 5.32 Å². The van der Waals surface area contributed by atoms with Gasteiger partial charge < -0.3 is 20.9 Å². The molecular formula is C10H22N2O3. The first-order valence-electron chi connectivity index (χ1n) is 5.22. The van der Waals surface area contributed by atoms with Gasteiger partial charge in [-0.3, -0.25) is 4.79 Å². The Labute approximate surface area is 91.0 Å². The summed E-state index contributed by atoms with van der Waals surface area (Å²) in [5.41, 5.74) is 5.03. The minimum absolute atomic E-state index is 0.0779. The average molecular weight is 218 g/mol. The Bertz CT molecular complexity index is 185. The van der Waals surface area contributed by atoms with Gasteiger partial charge in [0.1, 0.15) is 6.04 Å². The van der Waals surface area contributed by atoms with E-state index in [-0.39, 0.29) is 19.1 Å². The number of methoxy groups -OCH3 is 1. The summed E-state index contributed by atoms with van der Waals surface area (Å²) >= 11 is 0. The highest BCUT2D eigenvalue weighted by Crippen LogP contribution is 2.13. The Balaban J connectivity index is 4.34. The molecule has 0 aromatic rings. The second-order valence-electron chi connectivity index (χ2n) is 3.70. The van der Waals surface area contributed by atoms with Gasteiger partial charge in [-0.05, 0) is 12.8 Å². The fraction of sp³-hybridized carbons (Fsp3) is 0.900. The topological polar surface area (TPSA) is 84.6 Å². The quantitative estimate of drug-likeness (QED) is 0.544. The molecule has 90 valence electrons. The van der Waals surface area contributed by atoms with Crippen LogP contribution in [0.15, 0.2) is 0 Å². The average Bonchev–Trinajstić information content (AvgIpc) is 2.26. The highest BCUT2D eigenvalue weighted by molar-refractivity contribution is 5.82. The van der Waals surface area contributed by atoms with Crippen LogP contribution in [0, 0.1) is 0 Å². The Kier molecular flexibility index (Phi) is 6.47. The lowest BCUT2D eigenvalue weighted by Crippen LogP contribution is -2.56. The molecule has 0 aromatic heterocycles. The van der Waals surface area contributed by atoms with E-state index in [2.05, 4.69) is 5.32 Å². The van der Waals surface area contributed by atoms with Gasteiger partial charge >= 0.3 is 0 Å². The highest BCUT2D eigenvalue weighted by Gasteiger charge is 2.29. The van der Waals surface area contributed by atoms with Gasteiger partial charge in [-0.15, -0.1) is 0 Å². The van der Waals surface area contributed by atoms with Crippen molar-refractivity contribution in [2.75, 3.05) is 20.3 Å². The number of aliphatic hydroxyl groups is 1. The van der Waals surface area contributed by atoms with Crippen LogP contribution < -0.4 is 11.1 Å². The highest BCUT2D eigenvalue weighted by atomic mass is 16.5. The molecule has 5 heteroatoms. The summed E-state index contributed by atoms with van der Waals surface area (Å²) in [5, 5.41) is 12.0. The van der Waals surface area contributed by atoms with Crippen molar-refractivity contribution in [3.05, 3.63) is 0 Å². The largest absolute Gasteiger partial charge is 0.394 e. The second-order valence-corrected chi connectivity index (χ2v) is 3.70. The van der Waals surface area contributed by atoms with Crippen molar-refractivity contribution >= 4 is 5.91 Å². The first kappa shape index (κ1) is 14.3. The summed E-state index contributed by atoms with van der Waals surface area (Å²) in [6.45, 7) is 3.94. The van der Waals surface area contributed by atoms with Gasteiger partial charge in [0, 0.05) is 7.11 Å². The number of amides is 1. The second kappa shape index (κ2) is 6.76. The third-order valence-corrected chi connectivity index (χ3v) is 2.73. The summed E-state index contributed by atoms with van der Waals surface area (Å²) in [7, 11) is 1.49. The molecule has 0 saturated heterocycles. The molecule has 0 spiro atoms. The smallest absolute Gasteiger partial charge is 0.239 e. The van der Waals surface area contributed by atoms with Crippen LogP contribution >= 0.6 is 0 Å². The first-order valence-corrected chi connectivity index (χ1v) is 5.22. The van der Waals surface area contributed by atoms with Crippen LogP contribution in [0.3, 0.4) is 0 Å². The zero-order chi connectivity index (χ0) is 11.9. The molecule has 15 heavy (non-hydrogen) atoms. The number of ether oxygens (including phenoxy) is 1. The molecule has 0 aromatic carbocycles. The summed E-state index contributed by atoms with van der Waals surface area (Å²) in [4.78, 5) is 11.6. The van der Waals surface area contributed by atoms with E-state index in [9.17, 15) is 9.90 Å². The van der Waals surface area contributed by atoms with Crippen LogP contribution in [-0.4, -0.2) is 42.9 Å². The number of nitrogens with one attached hydrogen (secondary N) is 1. The molecule has 0 radical (unpaired) electrons. The molecule has 0 fully saturated rings. The summed E-state index contributed by atoms with van der Waals surface area (Å²) in [5.74, 6) is -0.283. The number of carbonyl (C=O) groups excluding carboxylic acids is 1. The standard InChI is InChI=1S/C10H22N2O3/c1-4-10(5-2,7-13)12-9(14)8(11)6-15-3/h8,13H,4-7,11H2,1-3H3,(H,12,14). The Morgan fingerprint density at radius 1 is 1.53 bits per heavy atom. The van der Waals surface area contributed by atoms with Crippen LogP contribution in [-0.2, 0) is 9.53 Å². The van der Waals surface area contributed by atoms with Crippen LogP contribution in [0.25, 0.3) is 0 Å². The van der Waals surface area contributed by atoms with Crippen LogP contribution in [0.4, 0.5) is 0 Å². The van der Waals surface area contributed by atoms with Crippen LogP contribution in [0.5, 0.6) is 0 Å². The molecule has 4 N–H and O–H groups in total.